The van der Waals surface area contributed by atoms with Crippen LogP contribution in [0, 0.1) is 0 Å². The van der Waals surface area contributed by atoms with Crippen molar-refractivity contribution in [3.8, 4) is 0 Å². The van der Waals surface area contributed by atoms with Crippen LogP contribution in [0.3, 0.4) is 0 Å². The Labute approximate surface area is 131 Å². The van der Waals surface area contributed by atoms with Crippen molar-refractivity contribution < 1.29 is 4.79 Å². The van der Waals surface area contributed by atoms with Gasteiger partial charge in [-0.25, -0.2) is 4.68 Å². The van der Waals surface area contributed by atoms with Crippen molar-refractivity contribution in [2.75, 3.05) is 18.4 Å². The fraction of sp³-hybridized carbons (Fsp3) is 0.357. The van der Waals surface area contributed by atoms with Crippen LogP contribution in [0.15, 0.2) is 34.9 Å². The second kappa shape index (κ2) is 6.36. The van der Waals surface area contributed by atoms with Gasteiger partial charge in [-0.3, -0.25) is 4.79 Å². The summed E-state index contributed by atoms with van der Waals surface area (Å²) in [5.74, 6) is -0.242. The third-order valence-corrected chi connectivity index (χ3v) is 4.00. The fourth-order valence-corrected chi connectivity index (χ4v) is 2.79. The van der Waals surface area contributed by atoms with Gasteiger partial charge >= 0.3 is 0 Å². The Kier molecular flexibility index (Phi) is 4.31. The quantitative estimate of drug-likeness (QED) is 0.891. The summed E-state index contributed by atoms with van der Waals surface area (Å²) < 4.78 is 2.72. The van der Waals surface area contributed by atoms with Crippen LogP contribution in [0.2, 0.25) is 0 Å². The number of carbonyl (C=O) groups is 1. The average molecular weight is 350 g/mol. The van der Waals surface area contributed by atoms with Gasteiger partial charge in [0.2, 0.25) is 0 Å². The molecule has 1 saturated heterocycles. The number of nitrogens with zero attached hydrogens (tertiary/aromatic N) is 3. The molecule has 0 spiro atoms. The van der Waals surface area contributed by atoms with Gasteiger partial charge in [-0.1, -0.05) is 27.2 Å². The Hall–Kier alpha value is -1.73. The Balaban J connectivity index is 1.69. The van der Waals surface area contributed by atoms with Gasteiger partial charge in [-0.2, -0.15) is 0 Å². The minimum Gasteiger partial charge on any atom is -0.321 e. The van der Waals surface area contributed by atoms with Crippen LogP contribution in [0.4, 0.5) is 5.69 Å². The molecular weight excluding hydrogens is 334 g/mol. The smallest absolute Gasteiger partial charge is 0.277 e. The number of amides is 1. The van der Waals surface area contributed by atoms with Gasteiger partial charge in [0.05, 0.1) is 12.2 Å². The Morgan fingerprint density at radius 2 is 2.19 bits per heavy atom. The Morgan fingerprint density at radius 3 is 2.95 bits per heavy atom. The Morgan fingerprint density at radius 1 is 1.38 bits per heavy atom. The maximum Gasteiger partial charge on any atom is 0.277 e. The molecule has 0 atom stereocenters. The number of halogens is 1. The average Bonchev–Trinajstić information content (AvgIpc) is 2.98. The minimum absolute atomic E-state index is 0.242. The van der Waals surface area contributed by atoms with Crippen molar-refractivity contribution in [2.45, 2.75) is 18.9 Å². The first kappa shape index (κ1) is 14.2. The molecule has 7 heteroatoms. The van der Waals surface area contributed by atoms with E-state index >= 15 is 0 Å². The molecule has 0 bridgehead atoms. The number of aromatic nitrogens is 3. The highest BCUT2D eigenvalue weighted by Crippen LogP contribution is 2.18. The van der Waals surface area contributed by atoms with Crippen molar-refractivity contribution in [2.24, 2.45) is 0 Å². The molecule has 110 valence electrons. The number of hydrogen-bond donors (Lipinski definition) is 2. The van der Waals surface area contributed by atoms with Gasteiger partial charge in [0, 0.05) is 10.2 Å². The van der Waals surface area contributed by atoms with Crippen molar-refractivity contribution >= 4 is 27.5 Å². The zero-order valence-electron chi connectivity index (χ0n) is 11.4. The number of nitrogens with one attached hydrogen (secondary N) is 2. The molecule has 1 aliphatic rings. The molecule has 0 radical (unpaired) electrons. The SMILES string of the molecule is O=C(Nc1cccc(Br)c1)c1cn(C2CCNCC2)nn1. The van der Waals surface area contributed by atoms with E-state index in [0.717, 1.165) is 36.1 Å². The van der Waals surface area contributed by atoms with E-state index in [2.05, 4.69) is 36.9 Å². The second-order valence-corrected chi connectivity index (χ2v) is 5.95. The molecule has 3 rings (SSSR count). The van der Waals surface area contributed by atoms with Crippen molar-refractivity contribution in [3.05, 3.63) is 40.6 Å². The highest BCUT2D eigenvalue weighted by atomic mass is 79.9. The van der Waals surface area contributed by atoms with Crippen LogP contribution in [-0.4, -0.2) is 34.0 Å². The molecule has 0 aliphatic carbocycles. The lowest BCUT2D eigenvalue weighted by molar-refractivity contribution is 0.102. The molecule has 1 fully saturated rings. The molecule has 6 nitrogen and oxygen atoms in total. The van der Waals surface area contributed by atoms with Crippen molar-refractivity contribution in [1.29, 1.82) is 0 Å². The molecule has 1 aliphatic heterocycles. The van der Waals surface area contributed by atoms with Gasteiger partial charge in [0.1, 0.15) is 0 Å². The predicted octanol–water partition coefficient (Wildman–Crippen LogP) is 2.22. The van der Waals surface area contributed by atoms with Crippen molar-refractivity contribution in [1.82, 2.24) is 20.3 Å². The third kappa shape index (κ3) is 3.48. The highest BCUT2D eigenvalue weighted by molar-refractivity contribution is 9.10. The molecule has 2 aromatic rings. The first-order valence-electron chi connectivity index (χ1n) is 6.92. The van der Waals surface area contributed by atoms with Crippen LogP contribution in [-0.2, 0) is 0 Å². The molecule has 1 aromatic heterocycles. The summed E-state index contributed by atoms with van der Waals surface area (Å²) in [5.41, 5.74) is 1.07. The first-order chi connectivity index (χ1) is 10.2. The van der Waals surface area contributed by atoms with Gasteiger partial charge in [-0.05, 0) is 44.1 Å². The summed E-state index contributed by atoms with van der Waals surface area (Å²) in [4.78, 5) is 12.2. The number of rotatable bonds is 3. The monoisotopic (exact) mass is 349 g/mol. The molecule has 1 amide bonds. The van der Waals surface area contributed by atoms with E-state index in [1.165, 1.54) is 0 Å². The number of anilines is 1. The highest BCUT2D eigenvalue weighted by Gasteiger charge is 2.18. The number of benzene rings is 1. The molecule has 0 saturated carbocycles. The van der Waals surface area contributed by atoms with Gasteiger partial charge in [0.25, 0.3) is 5.91 Å². The zero-order chi connectivity index (χ0) is 14.7. The van der Waals surface area contributed by atoms with Crippen LogP contribution < -0.4 is 10.6 Å². The van der Waals surface area contributed by atoms with Crippen LogP contribution >= 0.6 is 15.9 Å². The molecule has 2 N–H and O–H groups in total. The van der Waals surface area contributed by atoms with E-state index in [1.54, 1.807) is 10.9 Å². The Bertz CT molecular complexity index is 636. The third-order valence-electron chi connectivity index (χ3n) is 3.51. The van der Waals surface area contributed by atoms with Gasteiger partial charge in [-0.15, -0.1) is 5.10 Å². The lowest BCUT2D eigenvalue weighted by Crippen LogP contribution is -2.29. The molecule has 2 heterocycles. The number of carbonyl (C=O) groups excluding carboxylic acids is 1. The largest absolute Gasteiger partial charge is 0.321 e. The van der Waals surface area contributed by atoms with Crippen LogP contribution in [0.25, 0.3) is 0 Å². The summed E-state index contributed by atoms with van der Waals surface area (Å²) in [7, 11) is 0. The lowest BCUT2D eigenvalue weighted by Gasteiger charge is -2.22. The minimum atomic E-state index is -0.242. The van der Waals surface area contributed by atoms with E-state index in [4.69, 9.17) is 0 Å². The van der Waals surface area contributed by atoms with Gasteiger partial charge < -0.3 is 10.6 Å². The summed E-state index contributed by atoms with van der Waals surface area (Å²) in [6.45, 7) is 1.95. The summed E-state index contributed by atoms with van der Waals surface area (Å²) in [6, 6.07) is 7.77. The maximum atomic E-state index is 12.2. The molecule has 0 unspecified atom stereocenters. The second-order valence-electron chi connectivity index (χ2n) is 5.03. The van der Waals surface area contributed by atoms with E-state index in [1.807, 2.05) is 24.3 Å². The van der Waals surface area contributed by atoms with Crippen LogP contribution in [0.1, 0.15) is 29.4 Å². The fourth-order valence-electron chi connectivity index (χ4n) is 2.39. The maximum absolute atomic E-state index is 12.2. The van der Waals surface area contributed by atoms with E-state index in [-0.39, 0.29) is 5.91 Å². The summed E-state index contributed by atoms with van der Waals surface area (Å²) in [6.07, 6.45) is 3.75. The zero-order valence-corrected chi connectivity index (χ0v) is 13.0. The van der Waals surface area contributed by atoms with E-state index < -0.39 is 0 Å². The first-order valence-corrected chi connectivity index (χ1v) is 7.71. The number of hydrogen-bond acceptors (Lipinski definition) is 4. The van der Waals surface area contributed by atoms with Crippen LogP contribution in [0.5, 0.6) is 0 Å². The number of piperidine rings is 1. The summed E-state index contributed by atoms with van der Waals surface area (Å²) >= 11 is 3.38. The molecule has 1 aromatic carbocycles. The topological polar surface area (TPSA) is 71.8 Å². The van der Waals surface area contributed by atoms with Crippen molar-refractivity contribution in [3.63, 3.8) is 0 Å². The predicted molar refractivity (Wildman–Crippen MR) is 83.3 cm³/mol. The molecular formula is C14H16BrN5O. The van der Waals surface area contributed by atoms with E-state index in [0.29, 0.717) is 11.7 Å². The summed E-state index contributed by atoms with van der Waals surface area (Å²) in [5, 5.41) is 14.2. The normalized spacial score (nSPS) is 15.9. The molecule has 21 heavy (non-hydrogen) atoms. The van der Waals surface area contributed by atoms with E-state index in [9.17, 15) is 4.79 Å². The van der Waals surface area contributed by atoms with Gasteiger partial charge in [0.15, 0.2) is 5.69 Å². The lowest BCUT2D eigenvalue weighted by atomic mass is 10.1. The standard InChI is InChI=1S/C14H16BrN5O/c15-10-2-1-3-11(8-10)17-14(21)13-9-20(19-18-13)12-4-6-16-7-5-12/h1-3,8-9,12,16H,4-7H2,(H,17,21).